The van der Waals surface area contributed by atoms with E-state index >= 15 is 0 Å². The number of hydrogen-bond donors (Lipinski definition) is 2. The first kappa shape index (κ1) is 12.9. The van der Waals surface area contributed by atoms with Gasteiger partial charge in [0, 0.05) is 37.3 Å². The fourth-order valence-electron chi connectivity index (χ4n) is 2.12. The molecule has 0 amide bonds. The van der Waals surface area contributed by atoms with Gasteiger partial charge in [0.1, 0.15) is 16.5 Å². The molecule has 3 heterocycles. The second kappa shape index (κ2) is 5.09. The Bertz CT molecular complexity index is 744. The zero-order valence-corrected chi connectivity index (χ0v) is 12.2. The molecule has 0 atom stereocenters. The molecule has 0 radical (unpaired) electrons. The molecule has 0 bridgehead atoms. The van der Waals surface area contributed by atoms with Gasteiger partial charge in [-0.05, 0) is 13.0 Å². The third kappa shape index (κ3) is 2.44. The zero-order valence-electron chi connectivity index (χ0n) is 11.4. The summed E-state index contributed by atoms with van der Waals surface area (Å²) in [4.78, 5) is 15.0. The molecule has 0 aliphatic heterocycles. The molecule has 0 aliphatic rings. The van der Waals surface area contributed by atoms with Crippen molar-refractivity contribution < 1.29 is 0 Å². The molecular weight excluding hydrogens is 272 g/mol. The number of aryl methyl sites for hydroxylation is 2. The highest BCUT2D eigenvalue weighted by Crippen LogP contribution is 2.28. The Morgan fingerprint density at radius 3 is 3.00 bits per heavy atom. The average molecular weight is 288 g/mol. The number of anilines is 2. The highest BCUT2D eigenvalue weighted by atomic mass is 32.1. The molecule has 3 aromatic rings. The highest BCUT2D eigenvalue weighted by molar-refractivity contribution is 7.18. The van der Waals surface area contributed by atoms with Crippen molar-refractivity contribution in [1.29, 1.82) is 0 Å². The lowest BCUT2D eigenvalue weighted by molar-refractivity contribution is 0.789. The molecule has 3 N–H and O–H groups in total. The standard InChI is InChI=1S/C13H16N6S/c1-8-7-9-11(17-13(14)18-12(9)20-8)16-4-3-10-15-5-6-19(10)2/h5-7H,3-4H2,1-2H3,(H3,14,16,17,18). The lowest BCUT2D eigenvalue weighted by atomic mass is 10.3. The Kier molecular flexibility index (Phi) is 3.27. The summed E-state index contributed by atoms with van der Waals surface area (Å²) in [5.41, 5.74) is 5.75. The minimum absolute atomic E-state index is 0.304. The van der Waals surface area contributed by atoms with Crippen LogP contribution in [0.3, 0.4) is 0 Å². The Hall–Kier alpha value is -2.15. The van der Waals surface area contributed by atoms with Crippen molar-refractivity contribution in [3.63, 3.8) is 0 Å². The van der Waals surface area contributed by atoms with Gasteiger partial charge in [0.05, 0.1) is 5.39 Å². The van der Waals surface area contributed by atoms with Crippen LogP contribution in [0.4, 0.5) is 11.8 Å². The van der Waals surface area contributed by atoms with Crippen molar-refractivity contribution in [2.75, 3.05) is 17.6 Å². The maximum Gasteiger partial charge on any atom is 0.223 e. The summed E-state index contributed by atoms with van der Waals surface area (Å²) in [5.74, 6) is 2.14. The van der Waals surface area contributed by atoms with Crippen molar-refractivity contribution in [2.45, 2.75) is 13.3 Å². The topological polar surface area (TPSA) is 81.7 Å². The molecule has 3 aromatic heterocycles. The third-order valence-corrected chi connectivity index (χ3v) is 4.04. The summed E-state index contributed by atoms with van der Waals surface area (Å²) >= 11 is 1.63. The SMILES string of the molecule is Cc1cc2c(NCCc3nccn3C)nc(N)nc2s1. The van der Waals surface area contributed by atoms with E-state index in [9.17, 15) is 0 Å². The minimum Gasteiger partial charge on any atom is -0.369 e. The maximum absolute atomic E-state index is 5.75. The van der Waals surface area contributed by atoms with Crippen molar-refractivity contribution in [1.82, 2.24) is 19.5 Å². The second-order valence-electron chi connectivity index (χ2n) is 4.64. The first-order valence-corrected chi connectivity index (χ1v) is 7.19. The summed E-state index contributed by atoms with van der Waals surface area (Å²) in [7, 11) is 1.99. The summed E-state index contributed by atoms with van der Waals surface area (Å²) in [6.07, 6.45) is 4.58. The molecule has 0 fully saturated rings. The van der Waals surface area contributed by atoms with Crippen molar-refractivity contribution >= 4 is 33.3 Å². The van der Waals surface area contributed by atoms with Gasteiger partial charge in [-0.15, -0.1) is 11.3 Å². The Balaban J connectivity index is 1.78. The Morgan fingerprint density at radius 2 is 2.25 bits per heavy atom. The lowest BCUT2D eigenvalue weighted by Crippen LogP contribution is -2.10. The van der Waals surface area contributed by atoms with Crippen LogP contribution in [0.25, 0.3) is 10.2 Å². The van der Waals surface area contributed by atoms with E-state index in [1.54, 1.807) is 17.5 Å². The van der Waals surface area contributed by atoms with Crippen LogP contribution in [0.1, 0.15) is 10.7 Å². The van der Waals surface area contributed by atoms with Gasteiger partial charge in [-0.25, -0.2) is 9.97 Å². The van der Waals surface area contributed by atoms with Gasteiger partial charge in [0.15, 0.2) is 0 Å². The van der Waals surface area contributed by atoms with Crippen LogP contribution in [0.5, 0.6) is 0 Å². The number of nitrogens with zero attached hydrogens (tertiary/aromatic N) is 4. The molecular formula is C13H16N6S. The molecule has 0 unspecified atom stereocenters. The van der Waals surface area contributed by atoms with Crippen LogP contribution < -0.4 is 11.1 Å². The predicted molar refractivity (Wildman–Crippen MR) is 82.0 cm³/mol. The van der Waals surface area contributed by atoms with Crippen molar-refractivity contribution in [2.24, 2.45) is 7.05 Å². The molecule has 0 spiro atoms. The molecule has 0 aromatic carbocycles. The largest absolute Gasteiger partial charge is 0.369 e. The predicted octanol–water partition coefficient (Wildman–Crippen LogP) is 1.97. The third-order valence-electron chi connectivity index (χ3n) is 3.10. The number of nitrogens with two attached hydrogens (primary N) is 1. The lowest BCUT2D eigenvalue weighted by Gasteiger charge is -2.07. The van der Waals surface area contributed by atoms with Crippen LogP contribution in [-0.4, -0.2) is 26.1 Å². The Labute approximate surface area is 120 Å². The number of imidazole rings is 1. The second-order valence-corrected chi connectivity index (χ2v) is 5.87. The maximum atomic E-state index is 5.75. The van der Waals surface area contributed by atoms with Crippen LogP contribution in [0.15, 0.2) is 18.5 Å². The summed E-state index contributed by atoms with van der Waals surface area (Å²) in [6.45, 7) is 2.81. The highest BCUT2D eigenvalue weighted by Gasteiger charge is 2.09. The number of thiophene rings is 1. The molecule has 7 heteroatoms. The molecule has 0 saturated carbocycles. The van der Waals surface area contributed by atoms with E-state index in [4.69, 9.17) is 5.73 Å². The fraction of sp³-hybridized carbons (Fsp3) is 0.308. The number of nitrogen functional groups attached to an aromatic ring is 1. The monoisotopic (exact) mass is 288 g/mol. The summed E-state index contributed by atoms with van der Waals surface area (Å²) in [5, 5.41) is 4.36. The first-order chi connectivity index (χ1) is 9.63. The Morgan fingerprint density at radius 1 is 1.40 bits per heavy atom. The zero-order chi connectivity index (χ0) is 14.1. The van der Waals surface area contributed by atoms with Gasteiger partial charge in [-0.2, -0.15) is 4.98 Å². The van der Waals surface area contributed by atoms with Gasteiger partial charge in [-0.3, -0.25) is 0 Å². The van der Waals surface area contributed by atoms with Gasteiger partial charge in [0.2, 0.25) is 5.95 Å². The van der Waals surface area contributed by atoms with E-state index in [0.717, 1.165) is 34.8 Å². The smallest absolute Gasteiger partial charge is 0.223 e. The molecule has 0 aliphatic carbocycles. The molecule has 104 valence electrons. The van der Waals surface area contributed by atoms with Crippen LogP contribution in [0.2, 0.25) is 0 Å². The van der Waals surface area contributed by atoms with E-state index in [1.165, 1.54) is 4.88 Å². The van der Waals surface area contributed by atoms with Crippen molar-refractivity contribution in [3.05, 3.63) is 29.2 Å². The van der Waals surface area contributed by atoms with E-state index in [0.29, 0.717) is 5.95 Å². The van der Waals surface area contributed by atoms with E-state index in [1.807, 2.05) is 17.8 Å². The summed E-state index contributed by atoms with van der Waals surface area (Å²) in [6, 6.07) is 2.09. The number of nitrogens with one attached hydrogen (secondary N) is 1. The average Bonchev–Trinajstić information content (AvgIpc) is 2.95. The van der Waals surface area contributed by atoms with E-state index < -0.39 is 0 Å². The van der Waals surface area contributed by atoms with E-state index in [-0.39, 0.29) is 0 Å². The number of rotatable bonds is 4. The molecule has 3 rings (SSSR count). The number of hydrogen-bond acceptors (Lipinski definition) is 6. The molecule has 20 heavy (non-hydrogen) atoms. The quantitative estimate of drug-likeness (QED) is 0.767. The van der Waals surface area contributed by atoms with E-state index in [2.05, 4.69) is 33.3 Å². The minimum atomic E-state index is 0.304. The van der Waals surface area contributed by atoms with Crippen molar-refractivity contribution in [3.8, 4) is 0 Å². The van der Waals surface area contributed by atoms with Gasteiger partial charge in [0.25, 0.3) is 0 Å². The normalized spacial score (nSPS) is 11.1. The fourth-order valence-corrected chi connectivity index (χ4v) is 3.01. The number of aromatic nitrogens is 4. The van der Waals surface area contributed by atoms with Crippen LogP contribution in [-0.2, 0) is 13.5 Å². The summed E-state index contributed by atoms with van der Waals surface area (Å²) < 4.78 is 2.01. The molecule has 6 nitrogen and oxygen atoms in total. The number of fused-ring (bicyclic) bond motifs is 1. The van der Waals surface area contributed by atoms with Gasteiger partial charge >= 0.3 is 0 Å². The first-order valence-electron chi connectivity index (χ1n) is 6.37. The molecule has 0 saturated heterocycles. The van der Waals surface area contributed by atoms with Gasteiger partial charge in [-0.1, -0.05) is 0 Å². The van der Waals surface area contributed by atoms with Crippen LogP contribution in [0, 0.1) is 6.92 Å². The van der Waals surface area contributed by atoms with Crippen LogP contribution >= 0.6 is 11.3 Å². The van der Waals surface area contributed by atoms with Gasteiger partial charge < -0.3 is 15.6 Å².